The average Bonchev–Trinajstić information content (AvgIpc) is 2.69. The van der Waals surface area contributed by atoms with E-state index in [9.17, 15) is 4.79 Å². The molecule has 0 radical (unpaired) electrons. The minimum Gasteiger partial charge on any atom is -0.359 e. The van der Waals surface area contributed by atoms with Crippen LogP contribution >= 0.6 is 0 Å². The minimum atomic E-state index is -0.224. The molecule has 0 spiro atoms. The maximum atomic E-state index is 12.6. The van der Waals surface area contributed by atoms with Gasteiger partial charge in [0.05, 0.1) is 0 Å². The van der Waals surface area contributed by atoms with Gasteiger partial charge in [0.2, 0.25) is 5.91 Å². The van der Waals surface area contributed by atoms with Gasteiger partial charge in [-0.1, -0.05) is 60.7 Å². The summed E-state index contributed by atoms with van der Waals surface area (Å²) in [5.41, 5.74) is 2.13. The first-order chi connectivity index (χ1) is 12.6. The van der Waals surface area contributed by atoms with E-state index in [2.05, 4.69) is 18.7 Å². The molecule has 1 aliphatic rings. The van der Waals surface area contributed by atoms with Gasteiger partial charge in [0.1, 0.15) is 12.7 Å². The molecule has 26 heavy (non-hydrogen) atoms. The number of rotatable bonds is 6. The van der Waals surface area contributed by atoms with E-state index in [4.69, 9.17) is 4.74 Å². The number of benzene rings is 2. The first-order valence-corrected chi connectivity index (χ1v) is 9.38. The molecule has 0 saturated carbocycles. The topological polar surface area (TPSA) is 32.8 Å². The summed E-state index contributed by atoms with van der Waals surface area (Å²) in [6.07, 6.45) is -0.224. The van der Waals surface area contributed by atoms with Crippen molar-refractivity contribution in [1.82, 2.24) is 9.80 Å². The van der Waals surface area contributed by atoms with Crippen molar-refractivity contribution in [2.75, 3.05) is 32.8 Å². The number of ether oxygens (including phenoxy) is 1. The standard InChI is InChI=1S/C22H28N2O2/c1-18(2)23-13-15-24(16-14-23)21(25)17-26-22(19-9-5-3-6-10-19)20-11-7-4-8-12-20/h3-12,18,22H,13-17H2,1-2H3. The van der Waals surface area contributed by atoms with Crippen LogP contribution in [0.2, 0.25) is 0 Å². The number of hydrogen-bond acceptors (Lipinski definition) is 3. The molecule has 1 fully saturated rings. The molecule has 3 rings (SSSR count). The fraction of sp³-hybridized carbons (Fsp3) is 0.409. The minimum absolute atomic E-state index is 0.0743. The molecule has 1 saturated heterocycles. The maximum absolute atomic E-state index is 12.6. The summed E-state index contributed by atoms with van der Waals surface area (Å²) in [5.74, 6) is 0.0743. The van der Waals surface area contributed by atoms with Gasteiger partial charge in [0.15, 0.2) is 0 Å². The summed E-state index contributed by atoms with van der Waals surface area (Å²) in [6.45, 7) is 7.93. The molecule has 138 valence electrons. The third kappa shape index (κ3) is 4.71. The highest BCUT2D eigenvalue weighted by molar-refractivity contribution is 5.77. The van der Waals surface area contributed by atoms with Gasteiger partial charge < -0.3 is 9.64 Å². The summed E-state index contributed by atoms with van der Waals surface area (Å²) in [7, 11) is 0. The van der Waals surface area contributed by atoms with Gasteiger partial charge >= 0.3 is 0 Å². The Morgan fingerprint density at radius 2 is 1.38 bits per heavy atom. The molecule has 4 nitrogen and oxygen atoms in total. The third-order valence-corrected chi connectivity index (χ3v) is 4.98. The van der Waals surface area contributed by atoms with Crippen molar-refractivity contribution in [3.63, 3.8) is 0 Å². The molecule has 0 aromatic heterocycles. The smallest absolute Gasteiger partial charge is 0.248 e. The van der Waals surface area contributed by atoms with Gasteiger partial charge in [0, 0.05) is 32.2 Å². The molecule has 1 aliphatic heterocycles. The zero-order valence-corrected chi connectivity index (χ0v) is 15.7. The van der Waals surface area contributed by atoms with E-state index in [1.807, 2.05) is 65.6 Å². The zero-order valence-electron chi connectivity index (χ0n) is 15.7. The second kappa shape index (κ2) is 8.97. The highest BCUT2D eigenvalue weighted by Gasteiger charge is 2.24. The maximum Gasteiger partial charge on any atom is 0.248 e. The van der Waals surface area contributed by atoms with E-state index in [-0.39, 0.29) is 18.6 Å². The van der Waals surface area contributed by atoms with Crippen molar-refractivity contribution in [2.45, 2.75) is 26.0 Å². The van der Waals surface area contributed by atoms with Crippen molar-refractivity contribution in [3.05, 3.63) is 71.8 Å². The second-order valence-corrected chi connectivity index (χ2v) is 7.02. The predicted molar refractivity (Wildman–Crippen MR) is 104 cm³/mol. The van der Waals surface area contributed by atoms with E-state index in [1.54, 1.807) is 0 Å². The molecule has 4 heteroatoms. The van der Waals surface area contributed by atoms with Gasteiger partial charge in [-0.3, -0.25) is 9.69 Å². The third-order valence-electron chi connectivity index (χ3n) is 4.98. The quantitative estimate of drug-likeness (QED) is 0.799. The highest BCUT2D eigenvalue weighted by atomic mass is 16.5. The number of hydrogen-bond donors (Lipinski definition) is 0. The van der Waals surface area contributed by atoms with Crippen LogP contribution in [0.25, 0.3) is 0 Å². The molecule has 2 aromatic carbocycles. The number of carbonyl (C=O) groups excluding carboxylic acids is 1. The van der Waals surface area contributed by atoms with E-state index < -0.39 is 0 Å². The Labute approximate surface area is 156 Å². The molecule has 1 amide bonds. The molecular formula is C22H28N2O2. The monoisotopic (exact) mass is 352 g/mol. The van der Waals surface area contributed by atoms with Crippen molar-refractivity contribution in [3.8, 4) is 0 Å². The van der Waals surface area contributed by atoms with Crippen LogP contribution in [-0.2, 0) is 9.53 Å². The van der Waals surface area contributed by atoms with Crippen molar-refractivity contribution in [1.29, 1.82) is 0 Å². The molecule has 2 aromatic rings. The lowest BCUT2D eigenvalue weighted by Gasteiger charge is -2.37. The summed E-state index contributed by atoms with van der Waals surface area (Å²) < 4.78 is 6.10. The van der Waals surface area contributed by atoms with Crippen molar-refractivity contribution >= 4 is 5.91 Å². The van der Waals surface area contributed by atoms with Crippen molar-refractivity contribution < 1.29 is 9.53 Å². The van der Waals surface area contributed by atoms with Crippen LogP contribution in [0.1, 0.15) is 31.1 Å². The van der Waals surface area contributed by atoms with Gasteiger partial charge in [-0.05, 0) is 25.0 Å². The van der Waals surface area contributed by atoms with E-state index in [0.717, 1.165) is 37.3 Å². The first kappa shape index (κ1) is 18.6. The molecule has 1 heterocycles. The SMILES string of the molecule is CC(C)N1CCN(C(=O)COC(c2ccccc2)c2ccccc2)CC1. The average molecular weight is 352 g/mol. The second-order valence-electron chi connectivity index (χ2n) is 7.02. The Hall–Kier alpha value is -2.17. The number of nitrogens with zero attached hydrogens (tertiary/aromatic N) is 2. The first-order valence-electron chi connectivity index (χ1n) is 9.38. The normalized spacial score (nSPS) is 15.6. The number of piperazine rings is 1. The van der Waals surface area contributed by atoms with Crippen LogP contribution in [0.3, 0.4) is 0 Å². The number of amides is 1. The molecule has 0 aliphatic carbocycles. The highest BCUT2D eigenvalue weighted by Crippen LogP contribution is 2.25. The Kier molecular flexibility index (Phi) is 6.42. The Bertz CT molecular complexity index is 640. The van der Waals surface area contributed by atoms with Crippen LogP contribution in [0, 0.1) is 0 Å². The van der Waals surface area contributed by atoms with Crippen LogP contribution in [-0.4, -0.2) is 54.5 Å². The lowest BCUT2D eigenvalue weighted by molar-refractivity contribution is -0.139. The van der Waals surface area contributed by atoms with Crippen LogP contribution in [0.5, 0.6) is 0 Å². The summed E-state index contributed by atoms with van der Waals surface area (Å²) in [5, 5.41) is 0. The van der Waals surface area contributed by atoms with Gasteiger partial charge in [-0.25, -0.2) is 0 Å². The largest absolute Gasteiger partial charge is 0.359 e. The lowest BCUT2D eigenvalue weighted by Crippen LogP contribution is -2.51. The summed E-state index contributed by atoms with van der Waals surface area (Å²) >= 11 is 0. The molecular weight excluding hydrogens is 324 g/mol. The van der Waals surface area contributed by atoms with E-state index in [0.29, 0.717) is 6.04 Å². The molecule has 0 bridgehead atoms. The van der Waals surface area contributed by atoms with Crippen LogP contribution < -0.4 is 0 Å². The summed E-state index contributed by atoms with van der Waals surface area (Å²) in [6, 6.07) is 20.7. The molecule has 0 N–H and O–H groups in total. The van der Waals surface area contributed by atoms with E-state index >= 15 is 0 Å². The Morgan fingerprint density at radius 3 is 1.85 bits per heavy atom. The number of carbonyl (C=O) groups is 1. The zero-order chi connectivity index (χ0) is 18.4. The van der Waals surface area contributed by atoms with E-state index in [1.165, 1.54) is 0 Å². The van der Waals surface area contributed by atoms with Crippen LogP contribution in [0.4, 0.5) is 0 Å². The van der Waals surface area contributed by atoms with Gasteiger partial charge in [0.25, 0.3) is 0 Å². The van der Waals surface area contributed by atoms with Gasteiger partial charge in [-0.2, -0.15) is 0 Å². The Balaban J connectivity index is 1.62. The lowest BCUT2D eigenvalue weighted by atomic mass is 10.0. The fourth-order valence-corrected chi connectivity index (χ4v) is 3.37. The van der Waals surface area contributed by atoms with Gasteiger partial charge in [-0.15, -0.1) is 0 Å². The molecule has 0 atom stereocenters. The van der Waals surface area contributed by atoms with Crippen LogP contribution in [0.15, 0.2) is 60.7 Å². The molecule has 0 unspecified atom stereocenters. The van der Waals surface area contributed by atoms with Crippen molar-refractivity contribution in [2.24, 2.45) is 0 Å². The Morgan fingerprint density at radius 1 is 0.885 bits per heavy atom. The fourth-order valence-electron chi connectivity index (χ4n) is 3.37. The summed E-state index contributed by atoms with van der Waals surface area (Å²) in [4.78, 5) is 17.0. The predicted octanol–water partition coefficient (Wildman–Crippen LogP) is 3.35.